The largest absolute Gasteiger partial charge is 0.416 e. The molecule has 0 aliphatic heterocycles. The monoisotopic (exact) mass is 496 g/mol. The molecule has 0 spiro atoms. The number of rotatable bonds is 7. The maximum atomic E-state index is 13.0. The number of nitrogens with one attached hydrogen (secondary N) is 2. The third-order valence-electron chi connectivity index (χ3n) is 4.96. The van der Waals surface area contributed by atoms with Gasteiger partial charge in [0.2, 0.25) is 11.0 Å². The average Bonchev–Trinajstić information content (AvgIpc) is 3.24. The van der Waals surface area contributed by atoms with E-state index in [1.54, 1.807) is 31.2 Å². The highest BCUT2D eigenvalue weighted by atomic mass is 35.5. The molecule has 11 heteroatoms. The van der Waals surface area contributed by atoms with Crippen LogP contribution in [0.1, 0.15) is 36.2 Å². The molecule has 2 unspecified atom stereocenters. The SMILES string of the molecule is CCC(C)C(NC(=O)c1cccc(C(F)(F)F)c1)C(=O)Nc1nnc(-c2cccc(Cl)c2)s1. The minimum Gasteiger partial charge on any atom is -0.340 e. The van der Waals surface area contributed by atoms with Gasteiger partial charge in [0.05, 0.1) is 5.56 Å². The van der Waals surface area contributed by atoms with Crippen molar-refractivity contribution in [3.8, 4) is 10.6 Å². The van der Waals surface area contributed by atoms with Gasteiger partial charge in [-0.1, -0.05) is 61.4 Å². The normalized spacial score (nSPS) is 13.3. The van der Waals surface area contributed by atoms with Gasteiger partial charge in [0.1, 0.15) is 11.0 Å². The number of carbonyl (C=O) groups is 2. The summed E-state index contributed by atoms with van der Waals surface area (Å²) in [5.74, 6) is -1.61. The zero-order valence-electron chi connectivity index (χ0n) is 17.6. The average molecular weight is 497 g/mol. The third kappa shape index (κ3) is 6.29. The zero-order chi connectivity index (χ0) is 24.2. The van der Waals surface area contributed by atoms with Crippen molar-refractivity contribution in [3.63, 3.8) is 0 Å². The van der Waals surface area contributed by atoms with Crippen molar-refractivity contribution >= 4 is 39.9 Å². The fourth-order valence-corrected chi connectivity index (χ4v) is 3.89. The Balaban J connectivity index is 1.75. The minimum atomic E-state index is -4.58. The van der Waals surface area contributed by atoms with Gasteiger partial charge in [0.15, 0.2) is 0 Å². The van der Waals surface area contributed by atoms with Crippen molar-refractivity contribution < 1.29 is 22.8 Å². The van der Waals surface area contributed by atoms with Gasteiger partial charge in [0, 0.05) is 16.1 Å². The number of halogens is 4. The number of carbonyl (C=O) groups excluding carboxylic acids is 2. The predicted octanol–water partition coefficient (Wildman–Crippen LogP) is 5.66. The molecule has 0 radical (unpaired) electrons. The first-order valence-electron chi connectivity index (χ1n) is 9.97. The Hall–Kier alpha value is -2.98. The maximum Gasteiger partial charge on any atom is 0.416 e. The lowest BCUT2D eigenvalue weighted by molar-refractivity contribution is -0.137. The molecule has 174 valence electrons. The Morgan fingerprint density at radius 2 is 1.85 bits per heavy atom. The van der Waals surface area contributed by atoms with Crippen LogP contribution in [0, 0.1) is 5.92 Å². The van der Waals surface area contributed by atoms with Gasteiger partial charge in [-0.2, -0.15) is 13.2 Å². The van der Waals surface area contributed by atoms with E-state index >= 15 is 0 Å². The summed E-state index contributed by atoms with van der Waals surface area (Å²) in [4.78, 5) is 25.6. The lowest BCUT2D eigenvalue weighted by Crippen LogP contribution is -2.47. The summed E-state index contributed by atoms with van der Waals surface area (Å²) in [7, 11) is 0. The van der Waals surface area contributed by atoms with Crippen LogP contribution in [0.5, 0.6) is 0 Å². The minimum absolute atomic E-state index is 0.190. The molecular formula is C22H20ClF3N4O2S. The number of benzene rings is 2. The number of hydrogen-bond acceptors (Lipinski definition) is 5. The second kappa shape index (κ2) is 10.3. The predicted molar refractivity (Wildman–Crippen MR) is 121 cm³/mol. The van der Waals surface area contributed by atoms with Crippen LogP contribution in [0.4, 0.5) is 18.3 Å². The van der Waals surface area contributed by atoms with E-state index in [4.69, 9.17) is 11.6 Å². The molecule has 2 amide bonds. The second-order valence-corrected chi connectivity index (χ2v) is 8.74. The Morgan fingerprint density at radius 1 is 1.12 bits per heavy atom. The van der Waals surface area contributed by atoms with Gasteiger partial charge >= 0.3 is 6.18 Å². The summed E-state index contributed by atoms with van der Waals surface area (Å²) in [5.41, 5.74) is -0.399. The molecule has 1 heterocycles. The summed E-state index contributed by atoms with van der Waals surface area (Å²) >= 11 is 7.13. The topological polar surface area (TPSA) is 84.0 Å². The standard InChI is InChI=1S/C22H20ClF3N4O2S/c1-3-12(2)17(27-18(31)13-6-4-8-15(10-13)22(24,25)26)19(32)28-21-30-29-20(33-21)14-7-5-9-16(23)11-14/h4-12,17H,3H2,1-2H3,(H,27,31)(H,28,30,32). The molecule has 0 saturated heterocycles. The van der Waals surface area contributed by atoms with E-state index < -0.39 is 29.6 Å². The van der Waals surface area contributed by atoms with E-state index in [0.717, 1.165) is 35.1 Å². The highest BCUT2D eigenvalue weighted by Crippen LogP contribution is 2.30. The van der Waals surface area contributed by atoms with E-state index in [9.17, 15) is 22.8 Å². The van der Waals surface area contributed by atoms with Crippen molar-refractivity contribution in [1.82, 2.24) is 15.5 Å². The fourth-order valence-electron chi connectivity index (χ4n) is 2.96. The summed E-state index contributed by atoms with van der Waals surface area (Å²) < 4.78 is 38.9. The van der Waals surface area contributed by atoms with Crippen LogP contribution >= 0.6 is 22.9 Å². The van der Waals surface area contributed by atoms with E-state index in [1.807, 2.05) is 6.92 Å². The van der Waals surface area contributed by atoms with Crippen LogP contribution in [0.15, 0.2) is 48.5 Å². The van der Waals surface area contributed by atoms with Gasteiger partial charge in [-0.25, -0.2) is 0 Å². The van der Waals surface area contributed by atoms with E-state index in [0.29, 0.717) is 16.5 Å². The van der Waals surface area contributed by atoms with E-state index in [1.165, 1.54) is 6.07 Å². The summed E-state index contributed by atoms with van der Waals surface area (Å²) in [5, 5.41) is 14.5. The second-order valence-electron chi connectivity index (χ2n) is 7.33. The first-order valence-corrected chi connectivity index (χ1v) is 11.2. The van der Waals surface area contributed by atoms with Gasteiger partial charge in [-0.3, -0.25) is 14.9 Å². The highest BCUT2D eigenvalue weighted by Gasteiger charge is 2.32. The van der Waals surface area contributed by atoms with Crippen molar-refractivity contribution in [2.75, 3.05) is 5.32 Å². The molecule has 0 fully saturated rings. The molecule has 0 aliphatic carbocycles. The van der Waals surface area contributed by atoms with Crippen LogP contribution in [-0.4, -0.2) is 28.1 Å². The molecule has 3 aromatic rings. The first-order chi connectivity index (χ1) is 15.6. The van der Waals surface area contributed by atoms with Crippen molar-refractivity contribution in [2.24, 2.45) is 5.92 Å². The molecule has 0 bridgehead atoms. The summed E-state index contributed by atoms with van der Waals surface area (Å²) in [6, 6.07) is 10.0. The molecule has 2 N–H and O–H groups in total. The van der Waals surface area contributed by atoms with Crippen LogP contribution in [-0.2, 0) is 11.0 Å². The lowest BCUT2D eigenvalue weighted by atomic mass is 9.97. The molecular weight excluding hydrogens is 477 g/mol. The van der Waals surface area contributed by atoms with Gasteiger partial charge in [0.25, 0.3) is 5.91 Å². The Kier molecular flexibility index (Phi) is 7.70. The summed E-state index contributed by atoms with van der Waals surface area (Å²) in [6.07, 6.45) is -4.03. The summed E-state index contributed by atoms with van der Waals surface area (Å²) in [6.45, 7) is 3.59. The molecule has 0 saturated carbocycles. The zero-order valence-corrected chi connectivity index (χ0v) is 19.2. The number of amides is 2. The molecule has 3 rings (SSSR count). The van der Waals surface area contributed by atoms with Gasteiger partial charge in [-0.15, -0.1) is 10.2 Å². The van der Waals surface area contributed by atoms with Crippen LogP contribution in [0.25, 0.3) is 10.6 Å². The molecule has 6 nitrogen and oxygen atoms in total. The number of hydrogen-bond donors (Lipinski definition) is 2. The van der Waals surface area contributed by atoms with Crippen LogP contribution in [0.2, 0.25) is 5.02 Å². The van der Waals surface area contributed by atoms with Crippen LogP contribution in [0.3, 0.4) is 0 Å². The lowest BCUT2D eigenvalue weighted by Gasteiger charge is -2.23. The molecule has 0 aliphatic rings. The molecule has 33 heavy (non-hydrogen) atoms. The molecule has 2 aromatic carbocycles. The van der Waals surface area contributed by atoms with Gasteiger partial charge in [-0.05, 0) is 36.2 Å². The Labute approximate surface area is 197 Å². The Morgan fingerprint density at radius 3 is 2.52 bits per heavy atom. The van der Waals surface area contributed by atoms with Gasteiger partial charge < -0.3 is 5.32 Å². The maximum absolute atomic E-state index is 13.0. The van der Waals surface area contributed by atoms with Crippen LogP contribution < -0.4 is 10.6 Å². The smallest absolute Gasteiger partial charge is 0.340 e. The number of nitrogens with zero attached hydrogens (tertiary/aromatic N) is 2. The van der Waals surface area contributed by atoms with E-state index in [-0.39, 0.29) is 16.6 Å². The fraction of sp³-hybridized carbons (Fsp3) is 0.273. The van der Waals surface area contributed by atoms with Crippen molar-refractivity contribution in [1.29, 1.82) is 0 Å². The highest BCUT2D eigenvalue weighted by molar-refractivity contribution is 7.18. The van der Waals surface area contributed by atoms with E-state index in [2.05, 4.69) is 20.8 Å². The first kappa shape index (κ1) is 24.7. The number of alkyl halides is 3. The van der Waals surface area contributed by atoms with Crippen molar-refractivity contribution in [2.45, 2.75) is 32.5 Å². The third-order valence-corrected chi connectivity index (χ3v) is 6.08. The molecule has 2 atom stereocenters. The number of aromatic nitrogens is 2. The quantitative estimate of drug-likeness (QED) is 0.442. The Bertz CT molecular complexity index is 1150. The number of anilines is 1. The molecule has 1 aromatic heterocycles. The van der Waals surface area contributed by atoms with Crippen molar-refractivity contribution in [3.05, 3.63) is 64.7 Å².